The number of nitrogens with zero attached hydrogens (tertiary/aromatic N) is 1. The molecule has 154 valence electrons. The summed E-state index contributed by atoms with van der Waals surface area (Å²) in [4.78, 5) is 4.42. The summed E-state index contributed by atoms with van der Waals surface area (Å²) in [5.74, 6) is 0. The van der Waals surface area contributed by atoms with Crippen molar-refractivity contribution < 1.29 is 14.0 Å². The predicted molar refractivity (Wildman–Crippen MR) is 114 cm³/mol. The van der Waals surface area contributed by atoms with Gasteiger partial charge in [0.1, 0.15) is 10.9 Å². The summed E-state index contributed by atoms with van der Waals surface area (Å²) >= 11 is -1.22. The van der Waals surface area contributed by atoms with E-state index in [2.05, 4.69) is 9.71 Å². The molecule has 2 unspecified atom stereocenters. The number of pyridine rings is 1. The first-order chi connectivity index (χ1) is 13.4. The summed E-state index contributed by atoms with van der Waals surface area (Å²) in [6.07, 6.45) is 2.15. The third-order valence-electron chi connectivity index (χ3n) is 4.19. The smallest absolute Gasteiger partial charge is 0.136 e. The van der Waals surface area contributed by atoms with Crippen LogP contribution in [0.1, 0.15) is 39.0 Å². The Labute approximate surface area is 172 Å². The molecular weight excluding hydrogens is 372 g/mol. The second-order valence-corrected chi connectivity index (χ2v) is 9.62. The van der Waals surface area contributed by atoms with Crippen LogP contribution in [0, 0.1) is 0 Å². The highest BCUT2D eigenvalue weighted by atomic mass is 32.2. The topological polar surface area (TPSA) is 66.4 Å². The second kappa shape index (κ2) is 11.5. The number of rotatable bonds is 11. The lowest BCUT2D eigenvalue weighted by Gasteiger charge is -2.32. The van der Waals surface area contributed by atoms with E-state index in [-0.39, 0.29) is 16.9 Å². The van der Waals surface area contributed by atoms with Gasteiger partial charge in [-0.05, 0) is 45.4 Å². The van der Waals surface area contributed by atoms with Gasteiger partial charge in [0.25, 0.3) is 0 Å². The van der Waals surface area contributed by atoms with Gasteiger partial charge in [0, 0.05) is 36.3 Å². The quantitative estimate of drug-likeness (QED) is 0.579. The molecule has 3 atom stereocenters. The van der Waals surface area contributed by atoms with Crippen molar-refractivity contribution >= 4 is 11.4 Å². The molecule has 0 amide bonds. The monoisotopic (exact) mass is 404 g/mol. The van der Waals surface area contributed by atoms with Gasteiger partial charge >= 0.3 is 0 Å². The fourth-order valence-corrected chi connectivity index (χ4v) is 3.53. The van der Waals surface area contributed by atoms with Gasteiger partial charge < -0.3 is 14.0 Å². The Morgan fingerprint density at radius 3 is 2.43 bits per heavy atom. The molecule has 0 saturated carbocycles. The van der Waals surface area contributed by atoms with Crippen LogP contribution >= 0.6 is 0 Å². The van der Waals surface area contributed by atoms with E-state index < -0.39 is 11.4 Å². The summed E-state index contributed by atoms with van der Waals surface area (Å²) in [5, 5.41) is 0. The van der Waals surface area contributed by atoms with Crippen molar-refractivity contribution in [2.45, 2.75) is 57.6 Å². The fraction of sp³-hybridized carbons (Fsp3) is 0.500. The highest BCUT2D eigenvalue weighted by Crippen LogP contribution is 2.17. The summed E-state index contributed by atoms with van der Waals surface area (Å²) in [5.41, 5.74) is 2.05. The van der Waals surface area contributed by atoms with Crippen LogP contribution in [0.5, 0.6) is 0 Å². The summed E-state index contributed by atoms with van der Waals surface area (Å²) < 4.78 is 27.6. The molecule has 0 fully saturated rings. The zero-order valence-corrected chi connectivity index (χ0v) is 18.1. The van der Waals surface area contributed by atoms with Crippen LogP contribution in [0.3, 0.4) is 0 Å². The minimum Gasteiger partial charge on any atom is -0.598 e. The number of aromatic nitrogens is 1. The van der Waals surface area contributed by atoms with Gasteiger partial charge in [-0.25, -0.2) is 0 Å². The van der Waals surface area contributed by atoms with Crippen molar-refractivity contribution in [3.05, 3.63) is 66.0 Å². The molecule has 2 rings (SSSR count). The van der Waals surface area contributed by atoms with E-state index in [1.165, 1.54) is 0 Å². The molecule has 0 radical (unpaired) electrons. The van der Waals surface area contributed by atoms with Crippen molar-refractivity contribution in [3.63, 3.8) is 0 Å². The molecule has 1 aromatic carbocycles. The standard InChI is InChI=1S/C22H32N2O3S/c1-5-27-21(17-26-16-18-11-7-6-8-12-18)20(24-28(25)22(2,3)4)15-19-13-9-10-14-23-19/h6-14,20-21,24H,5,15-17H2,1-4H3/t20?,21?,28-/m1/s1. The molecule has 1 N–H and O–H groups in total. The molecule has 2 aromatic rings. The number of hydrogen-bond donors (Lipinski definition) is 1. The fourth-order valence-electron chi connectivity index (χ4n) is 2.67. The van der Waals surface area contributed by atoms with E-state index in [4.69, 9.17) is 9.47 Å². The summed E-state index contributed by atoms with van der Waals surface area (Å²) in [6, 6.07) is 15.7. The third kappa shape index (κ3) is 7.89. The Hall–Kier alpha value is -1.44. The van der Waals surface area contributed by atoms with Gasteiger partial charge in [-0.3, -0.25) is 4.98 Å². The van der Waals surface area contributed by atoms with Gasteiger partial charge in [-0.1, -0.05) is 36.4 Å². The maximum absolute atomic E-state index is 12.8. The Balaban J connectivity index is 2.07. The third-order valence-corrected chi connectivity index (χ3v) is 5.82. The lowest BCUT2D eigenvalue weighted by Crippen LogP contribution is -2.52. The first-order valence-electron chi connectivity index (χ1n) is 9.71. The van der Waals surface area contributed by atoms with E-state index in [1.54, 1.807) is 6.20 Å². The van der Waals surface area contributed by atoms with Crippen molar-refractivity contribution in [1.29, 1.82) is 0 Å². The average molecular weight is 405 g/mol. The van der Waals surface area contributed by atoms with Crippen LogP contribution in [0.4, 0.5) is 0 Å². The molecule has 1 aromatic heterocycles. The molecule has 6 heteroatoms. The maximum Gasteiger partial charge on any atom is 0.136 e. The van der Waals surface area contributed by atoms with Crippen LogP contribution in [-0.4, -0.2) is 39.6 Å². The predicted octanol–water partition coefficient (Wildman–Crippen LogP) is 3.67. The zero-order valence-electron chi connectivity index (χ0n) is 17.3. The van der Waals surface area contributed by atoms with Crippen molar-refractivity contribution in [2.75, 3.05) is 13.2 Å². The lowest BCUT2D eigenvalue weighted by molar-refractivity contribution is -0.0319. The Bertz CT molecular complexity index is 664. The van der Waals surface area contributed by atoms with Gasteiger partial charge in [0.05, 0.1) is 19.3 Å². The first kappa shape index (κ1) is 22.8. The number of hydrogen-bond acceptors (Lipinski definition) is 5. The Kier molecular flexibility index (Phi) is 9.41. The van der Waals surface area contributed by atoms with E-state index in [0.717, 1.165) is 11.3 Å². The molecule has 0 aliphatic carbocycles. The minimum absolute atomic E-state index is 0.175. The van der Waals surface area contributed by atoms with Crippen molar-refractivity contribution in [3.8, 4) is 0 Å². The highest BCUT2D eigenvalue weighted by Gasteiger charge is 2.33. The molecule has 0 saturated heterocycles. The molecule has 5 nitrogen and oxygen atoms in total. The van der Waals surface area contributed by atoms with E-state index in [1.807, 2.05) is 76.2 Å². The van der Waals surface area contributed by atoms with Gasteiger partial charge in [0.2, 0.25) is 0 Å². The largest absolute Gasteiger partial charge is 0.598 e. The number of ether oxygens (including phenoxy) is 2. The molecule has 0 spiro atoms. The molecule has 28 heavy (non-hydrogen) atoms. The number of benzene rings is 1. The van der Waals surface area contributed by atoms with Crippen LogP contribution in [-0.2, 0) is 33.9 Å². The maximum atomic E-state index is 12.8. The van der Waals surface area contributed by atoms with E-state index >= 15 is 0 Å². The van der Waals surface area contributed by atoms with Crippen LogP contribution < -0.4 is 4.72 Å². The normalized spacial score (nSPS) is 15.2. The second-order valence-electron chi connectivity index (χ2n) is 7.63. The lowest BCUT2D eigenvalue weighted by atomic mass is 10.1. The number of nitrogens with one attached hydrogen (secondary N) is 1. The summed E-state index contributed by atoms with van der Waals surface area (Å²) in [7, 11) is 0. The van der Waals surface area contributed by atoms with Gasteiger partial charge in [-0.15, -0.1) is 4.72 Å². The zero-order chi connectivity index (χ0) is 20.4. The van der Waals surface area contributed by atoms with Gasteiger partial charge in [0.15, 0.2) is 0 Å². The van der Waals surface area contributed by atoms with E-state index in [0.29, 0.717) is 26.2 Å². The molecule has 1 heterocycles. The van der Waals surface area contributed by atoms with E-state index in [9.17, 15) is 4.55 Å². The van der Waals surface area contributed by atoms with Crippen LogP contribution in [0.25, 0.3) is 0 Å². The Morgan fingerprint density at radius 2 is 1.82 bits per heavy atom. The van der Waals surface area contributed by atoms with Crippen LogP contribution in [0.15, 0.2) is 54.7 Å². The van der Waals surface area contributed by atoms with Crippen molar-refractivity contribution in [1.82, 2.24) is 9.71 Å². The Morgan fingerprint density at radius 1 is 1.11 bits per heavy atom. The van der Waals surface area contributed by atoms with Crippen LogP contribution in [0.2, 0.25) is 0 Å². The average Bonchev–Trinajstić information content (AvgIpc) is 2.67. The molecule has 0 aliphatic rings. The first-order valence-corrected chi connectivity index (χ1v) is 10.9. The van der Waals surface area contributed by atoms with Crippen molar-refractivity contribution in [2.24, 2.45) is 0 Å². The van der Waals surface area contributed by atoms with Gasteiger partial charge in [-0.2, -0.15) is 0 Å². The summed E-state index contributed by atoms with van der Waals surface area (Å²) in [6.45, 7) is 9.31. The molecular formula is C22H32N2O3S. The minimum atomic E-state index is -1.22. The molecule has 0 aliphatic heterocycles. The SMILES string of the molecule is CCOC(COCc1ccccc1)C(Cc1ccccn1)N[S@+]([O-])C(C)(C)C. The molecule has 0 bridgehead atoms. The highest BCUT2D eigenvalue weighted by molar-refractivity contribution is 7.90.